The molecule has 0 fully saturated rings. The first kappa shape index (κ1) is 11.9. The molecule has 0 spiro atoms. The summed E-state index contributed by atoms with van der Waals surface area (Å²) in [6, 6.07) is 4.67. The number of hydrogen-bond acceptors (Lipinski definition) is 3. The molecule has 0 radical (unpaired) electrons. The maximum atomic E-state index is 12.3. The van der Waals surface area contributed by atoms with Crippen molar-refractivity contribution < 1.29 is 17.9 Å². The molecule has 0 amide bonds. The van der Waals surface area contributed by atoms with Crippen LogP contribution in [0.5, 0.6) is 0 Å². The average Bonchev–Trinajstić information content (AvgIpc) is 2.76. The topological polar surface area (TPSA) is 47.6 Å². The predicted octanol–water partition coefficient (Wildman–Crippen LogP) is 2.13. The lowest BCUT2D eigenvalue weighted by atomic mass is 10.1. The van der Waals surface area contributed by atoms with E-state index in [2.05, 4.69) is 4.99 Å². The predicted molar refractivity (Wildman–Crippen MR) is 56.6 cm³/mol. The number of nitrogens with zero attached hydrogens (tertiary/aromatic N) is 1. The van der Waals surface area contributed by atoms with Crippen LogP contribution in [-0.2, 0) is 10.9 Å². The van der Waals surface area contributed by atoms with Gasteiger partial charge in [0.05, 0.1) is 12.1 Å². The average molecular weight is 244 g/mol. The first-order chi connectivity index (χ1) is 8.00. The first-order valence-electron chi connectivity index (χ1n) is 5.07. The largest absolute Gasteiger partial charge is 0.477 e. The summed E-state index contributed by atoms with van der Waals surface area (Å²) < 4.78 is 42.2. The van der Waals surface area contributed by atoms with Crippen molar-refractivity contribution in [2.24, 2.45) is 10.7 Å². The van der Waals surface area contributed by atoms with E-state index in [1.807, 2.05) is 0 Å². The van der Waals surface area contributed by atoms with E-state index >= 15 is 0 Å². The summed E-state index contributed by atoms with van der Waals surface area (Å²) in [5.41, 5.74) is 5.38. The minimum absolute atomic E-state index is 0.205. The minimum Gasteiger partial charge on any atom is -0.477 e. The first-order valence-corrected chi connectivity index (χ1v) is 5.07. The number of alkyl halides is 3. The zero-order valence-electron chi connectivity index (χ0n) is 8.87. The molecule has 1 heterocycles. The van der Waals surface area contributed by atoms with Crippen molar-refractivity contribution in [1.29, 1.82) is 0 Å². The van der Waals surface area contributed by atoms with Crippen molar-refractivity contribution in [1.82, 2.24) is 0 Å². The van der Waals surface area contributed by atoms with Crippen LogP contribution < -0.4 is 5.73 Å². The van der Waals surface area contributed by atoms with Gasteiger partial charge in [0.25, 0.3) is 0 Å². The van der Waals surface area contributed by atoms with Crippen LogP contribution in [0.25, 0.3) is 0 Å². The molecule has 0 aliphatic carbocycles. The molecule has 92 valence electrons. The Morgan fingerprint density at radius 3 is 2.41 bits per heavy atom. The number of hydrogen-bond donors (Lipinski definition) is 1. The van der Waals surface area contributed by atoms with Crippen molar-refractivity contribution >= 4 is 5.90 Å². The van der Waals surface area contributed by atoms with Crippen molar-refractivity contribution in [2.75, 3.05) is 13.2 Å². The van der Waals surface area contributed by atoms with Gasteiger partial charge in [-0.15, -0.1) is 0 Å². The maximum Gasteiger partial charge on any atom is 0.416 e. The Kier molecular flexibility index (Phi) is 3.06. The number of aliphatic imine (C=N–C) groups is 1. The Hall–Kier alpha value is -1.56. The van der Waals surface area contributed by atoms with Crippen LogP contribution >= 0.6 is 0 Å². The zero-order chi connectivity index (χ0) is 12.5. The normalized spacial score (nSPS) is 20.0. The third-order valence-corrected chi connectivity index (χ3v) is 2.51. The van der Waals surface area contributed by atoms with Crippen LogP contribution in [0.15, 0.2) is 29.3 Å². The highest BCUT2D eigenvalue weighted by molar-refractivity contribution is 5.79. The summed E-state index contributed by atoms with van der Waals surface area (Å²) >= 11 is 0. The molecule has 1 aromatic carbocycles. The zero-order valence-corrected chi connectivity index (χ0v) is 8.87. The van der Waals surface area contributed by atoms with E-state index in [-0.39, 0.29) is 12.6 Å². The Labute approximate surface area is 96.1 Å². The van der Waals surface area contributed by atoms with Crippen LogP contribution in [0.1, 0.15) is 17.2 Å². The molecule has 1 aliphatic heterocycles. The van der Waals surface area contributed by atoms with Gasteiger partial charge in [-0.1, -0.05) is 12.1 Å². The van der Waals surface area contributed by atoms with Gasteiger partial charge in [0.1, 0.15) is 12.6 Å². The summed E-state index contributed by atoms with van der Waals surface area (Å²) in [5.74, 6) is 0.440. The third-order valence-electron chi connectivity index (χ3n) is 2.51. The molecule has 0 bridgehead atoms. The fourth-order valence-electron chi connectivity index (χ4n) is 1.60. The second-order valence-corrected chi connectivity index (χ2v) is 3.67. The highest BCUT2D eigenvalue weighted by Gasteiger charge is 2.30. The molecule has 2 N–H and O–H groups in total. The van der Waals surface area contributed by atoms with Crippen LogP contribution in [0.4, 0.5) is 13.2 Å². The van der Waals surface area contributed by atoms with Gasteiger partial charge in [0.2, 0.25) is 0 Å². The molecule has 1 aromatic rings. The van der Waals surface area contributed by atoms with Crippen molar-refractivity contribution in [2.45, 2.75) is 12.2 Å². The standard InChI is InChI=1S/C11H11F3N2O/c12-11(13,14)8-3-1-7(2-4-8)9-6-17-10(5-15)16-9/h1-4,9H,5-6,15H2. The molecule has 3 nitrogen and oxygen atoms in total. The van der Waals surface area contributed by atoms with Crippen LogP contribution in [0.2, 0.25) is 0 Å². The monoisotopic (exact) mass is 244 g/mol. The van der Waals surface area contributed by atoms with Crippen molar-refractivity contribution in [3.8, 4) is 0 Å². The molecular weight excluding hydrogens is 233 g/mol. The summed E-state index contributed by atoms with van der Waals surface area (Å²) in [7, 11) is 0. The molecular formula is C11H11F3N2O. The fourth-order valence-corrected chi connectivity index (χ4v) is 1.60. The number of ether oxygens (including phenoxy) is 1. The second-order valence-electron chi connectivity index (χ2n) is 3.67. The second kappa shape index (κ2) is 4.37. The summed E-state index contributed by atoms with van der Waals surface area (Å²) in [5, 5.41) is 0. The lowest BCUT2D eigenvalue weighted by Gasteiger charge is -2.09. The molecule has 0 saturated heterocycles. The molecule has 6 heteroatoms. The molecule has 0 saturated carbocycles. The lowest BCUT2D eigenvalue weighted by Crippen LogP contribution is -2.13. The minimum atomic E-state index is -4.31. The van der Waals surface area contributed by atoms with E-state index in [1.54, 1.807) is 0 Å². The van der Waals surface area contributed by atoms with Gasteiger partial charge in [0, 0.05) is 0 Å². The molecule has 17 heavy (non-hydrogen) atoms. The highest BCUT2D eigenvalue weighted by atomic mass is 19.4. The third kappa shape index (κ3) is 2.58. The maximum absolute atomic E-state index is 12.3. The highest BCUT2D eigenvalue weighted by Crippen LogP contribution is 2.31. The van der Waals surface area contributed by atoms with Gasteiger partial charge in [-0.25, -0.2) is 4.99 Å². The number of nitrogens with two attached hydrogens (primary N) is 1. The van der Waals surface area contributed by atoms with Gasteiger partial charge in [-0.05, 0) is 17.7 Å². The smallest absolute Gasteiger partial charge is 0.416 e. The Morgan fingerprint density at radius 1 is 1.29 bits per heavy atom. The van der Waals surface area contributed by atoms with E-state index in [0.29, 0.717) is 18.1 Å². The summed E-state index contributed by atoms with van der Waals surface area (Å²) in [6.45, 7) is 0.537. The molecule has 0 aromatic heterocycles. The quantitative estimate of drug-likeness (QED) is 0.866. The van der Waals surface area contributed by atoms with Gasteiger partial charge in [-0.2, -0.15) is 13.2 Å². The molecule has 1 unspecified atom stereocenters. The van der Waals surface area contributed by atoms with Crippen molar-refractivity contribution in [3.05, 3.63) is 35.4 Å². The summed E-state index contributed by atoms with van der Waals surface area (Å²) in [4.78, 5) is 4.16. The van der Waals surface area contributed by atoms with Gasteiger partial charge >= 0.3 is 6.18 Å². The van der Waals surface area contributed by atoms with Gasteiger partial charge in [-0.3, -0.25) is 0 Å². The van der Waals surface area contributed by atoms with Gasteiger partial charge < -0.3 is 10.5 Å². The van der Waals surface area contributed by atoms with E-state index in [9.17, 15) is 13.2 Å². The number of benzene rings is 1. The van der Waals surface area contributed by atoms with Crippen LogP contribution in [-0.4, -0.2) is 19.0 Å². The summed E-state index contributed by atoms with van der Waals surface area (Å²) in [6.07, 6.45) is -4.31. The Bertz CT molecular complexity index is 425. The number of rotatable bonds is 2. The van der Waals surface area contributed by atoms with Crippen molar-refractivity contribution in [3.63, 3.8) is 0 Å². The molecule has 2 rings (SSSR count). The van der Waals surface area contributed by atoms with E-state index < -0.39 is 11.7 Å². The lowest BCUT2D eigenvalue weighted by molar-refractivity contribution is -0.137. The van der Waals surface area contributed by atoms with E-state index in [4.69, 9.17) is 10.5 Å². The van der Waals surface area contributed by atoms with E-state index in [0.717, 1.165) is 12.1 Å². The fraction of sp³-hybridized carbons (Fsp3) is 0.364. The van der Waals surface area contributed by atoms with Gasteiger partial charge in [0.15, 0.2) is 5.90 Å². The van der Waals surface area contributed by atoms with E-state index in [1.165, 1.54) is 12.1 Å². The Morgan fingerprint density at radius 2 is 1.94 bits per heavy atom. The van der Waals surface area contributed by atoms with Crippen LogP contribution in [0, 0.1) is 0 Å². The molecule has 1 aliphatic rings. The Balaban J connectivity index is 2.17. The van der Waals surface area contributed by atoms with Crippen LogP contribution in [0.3, 0.4) is 0 Å². The SMILES string of the molecule is NCC1=NC(c2ccc(C(F)(F)F)cc2)CO1. The number of halogens is 3. The molecule has 1 atom stereocenters.